The minimum Gasteiger partial charge on any atom is -0.448 e. The molecule has 24 heavy (non-hydrogen) atoms. The SMILES string of the molecule is Cc1cc(OC(=O)C(C)(C)C)c(C)c(C)c1OS(C)(C)C(C)(C)C. The van der Waals surface area contributed by atoms with Gasteiger partial charge in [-0.2, -0.15) is 0 Å². The summed E-state index contributed by atoms with van der Waals surface area (Å²) in [6.07, 6.45) is 4.38. The van der Waals surface area contributed by atoms with Gasteiger partial charge in [0, 0.05) is 4.75 Å². The second kappa shape index (κ2) is 6.62. The molecule has 0 N–H and O–H groups in total. The van der Waals surface area contributed by atoms with E-state index in [-0.39, 0.29) is 10.7 Å². The van der Waals surface area contributed by atoms with Gasteiger partial charge in [-0.25, -0.2) is 0 Å². The molecular formula is C20H34O3S. The van der Waals surface area contributed by atoms with Crippen LogP contribution >= 0.6 is 10.3 Å². The number of benzene rings is 1. The number of hydrogen-bond donors (Lipinski definition) is 0. The molecule has 0 spiro atoms. The Labute approximate surface area is 149 Å². The lowest BCUT2D eigenvalue weighted by Crippen LogP contribution is -2.28. The van der Waals surface area contributed by atoms with E-state index in [0.29, 0.717) is 5.75 Å². The van der Waals surface area contributed by atoms with Gasteiger partial charge in [-0.3, -0.25) is 4.79 Å². The van der Waals surface area contributed by atoms with Crippen LogP contribution in [0.1, 0.15) is 58.2 Å². The Bertz CT molecular complexity index is 632. The van der Waals surface area contributed by atoms with Crippen LogP contribution in [0.4, 0.5) is 0 Å². The molecule has 0 aromatic heterocycles. The molecule has 0 unspecified atom stereocenters. The van der Waals surface area contributed by atoms with Gasteiger partial charge in [0.1, 0.15) is 11.5 Å². The molecule has 3 nitrogen and oxygen atoms in total. The summed E-state index contributed by atoms with van der Waals surface area (Å²) in [6.45, 7) is 18.2. The molecule has 1 rings (SSSR count). The van der Waals surface area contributed by atoms with E-state index in [0.717, 1.165) is 22.4 Å². The summed E-state index contributed by atoms with van der Waals surface area (Å²) in [5, 5.41) is 0. The fourth-order valence-electron chi connectivity index (χ4n) is 1.84. The lowest BCUT2D eigenvalue weighted by atomic mass is 9.97. The number of ether oxygens (including phenoxy) is 1. The monoisotopic (exact) mass is 354 g/mol. The predicted molar refractivity (Wildman–Crippen MR) is 106 cm³/mol. The van der Waals surface area contributed by atoms with E-state index in [1.165, 1.54) is 0 Å². The molecule has 0 atom stereocenters. The number of carbonyl (C=O) groups excluding carboxylic acids is 1. The first-order valence-corrected chi connectivity index (χ1v) is 10.7. The Hall–Kier alpha value is -1.16. The molecule has 0 amide bonds. The maximum absolute atomic E-state index is 12.2. The topological polar surface area (TPSA) is 35.5 Å². The van der Waals surface area contributed by atoms with E-state index in [4.69, 9.17) is 8.92 Å². The van der Waals surface area contributed by atoms with E-state index in [1.54, 1.807) is 0 Å². The van der Waals surface area contributed by atoms with E-state index in [1.807, 2.05) is 47.6 Å². The molecule has 0 aliphatic rings. The number of rotatable bonds is 3. The third-order valence-electron chi connectivity index (χ3n) is 4.56. The lowest BCUT2D eigenvalue weighted by molar-refractivity contribution is -0.143. The van der Waals surface area contributed by atoms with Crippen molar-refractivity contribution < 1.29 is 13.7 Å². The van der Waals surface area contributed by atoms with Crippen LogP contribution < -0.4 is 8.92 Å². The van der Waals surface area contributed by atoms with Crippen LogP contribution in [-0.4, -0.2) is 23.2 Å². The number of aryl methyl sites for hydroxylation is 1. The summed E-state index contributed by atoms with van der Waals surface area (Å²) in [4.78, 5) is 12.2. The molecule has 0 saturated heterocycles. The summed E-state index contributed by atoms with van der Waals surface area (Å²) < 4.78 is 12.2. The average molecular weight is 355 g/mol. The van der Waals surface area contributed by atoms with Gasteiger partial charge in [0.15, 0.2) is 0 Å². The molecule has 1 aromatic rings. The Kier molecular flexibility index (Phi) is 5.76. The van der Waals surface area contributed by atoms with Gasteiger partial charge in [-0.1, -0.05) is 10.3 Å². The van der Waals surface area contributed by atoms with Crippen LogP contribution in [-0.2, 0) is 4.79 Å². The molecule has 0 aliphatic heterocycles. The standard InChI is InChI=1S/C20H34O3S/c1-13-12-16(22-18(21)19(4,5)6)14(2)15(3)17(13)23-24(10,11)20(7,8)9/h12H,1-11H3. The highest BCUT2D eigenvalue weighted by atomic mass is 32.3. The van der Waals surface area contributed by atoms with Crippen molar-refractivity contribution in [1.29, 1.82) is 0 Å². The van der Waals surface area contributed by atoms with Crippen molar-refractivity contribution in [1.82, 2.24) is 0 Å². The van der Waals surface area contributed by atoms with Crippen molar-refractivity contribution in [3.63, 3.8) is 0 Å². The zero-order valence-electron chi connectivity index (χ0n) is 17.2. The Morgan fingerprint density at radius 3 is 1.88 bits per heavy atom. The van der Waals surface area contributed by atoms with Gasteiger partial charge in [0.2, 0.25) is 0 Å². The molecule has 0 bridgehead atoms. The fourth-order valence-corrected chi connectivity index (χ4v) is 2.76. The van der Waals surface area contributed by atoms with E-state index < -0.39 is 15.7 Å². The first-order valence-electron chi connectivity index (χ1n) is 8.33. The summed E-state index contributed by atoms with van der Waals surface area (Å²) in [5.74, 6) is 1.32. The molecule has 138 valence electrons. The quantitative estimate of drug-likeness (QED) is 0.514. The Balaban J connectivity index is 3.26. The zero-order valence-corrected chi connectivity index (χ0v) is 18.0. The van der Waals surface area contributed by atoms with E-state index in [2.05, 4.69) is 33.3 Å². The Morgan fingerprint density at radius 2 is 1.46 bits per heavy atom. The van der Waals surface area contributed by atoms with Crippen LogP contribution in [0.25, 0.3) is 0 Å². The lowest BCUT2D eigenvalue weighted by Gasteiger charge is -2.44. The summed E-state index contributed by atoms with van der Waals surface area (Å²) in [6, 6.07) is 1.92. The van der Waals surface area contributed by atoms with Gasteiger partial charge in [-0.05, 0) is 97.6 Å². The van der Waals surface area contributed by atoms with Gasteiger partial charge in [0.25, 0.3) is 0 Å². The second-order valence-electron chi connectivity index (χ2n) is 8.84. The van der Waals surface area contributed by atoms with Crippen LogP contribution in [0.5, 0.6) is 11.5 Å². The first-order chi connectivity index (χ1) is 10.6. The van der Waals surface area contributed by atoms with Gasteiger partial charge >= 0.3 is 5.97 Å². The average Bonchev–Trinajstić information content (AvgIpc) is 2.38. The van der Waals surface area contributed by atoms with Gasteiger partial charge in [-0.15, -0.1) is 0 Å². The maximum Gasteiger partial charge on any atom is 0.316 e. The normalized spacial score (nSPS) is 13.6. The third-order valence-corrected chi connectivity index (χ3v) is 8.09. The van der Waals surface area contributed by atoms with E-state index >= 15 is 0 Å². The first kappa shape index (κ1) is 20.9. The van der Waals surface area contributed by atoms with E-state index in [9.17, 15) is 4.79 Å². The van der Waals surface area contributed by atoms with Crippen molar-refractivity contribution in [3.05, 3.63) is 22.8 Å². The summed E-state index contributed by atoms with van der Waals surface area (Å²) in [5.41, 5.74) is 2.47. The maximum atomic E-state index is 12.2. The third kappa shape index (κ3) is 4.47. The molecule has 0 fully saturated rings. The molecule has 0 aliphatic carbocycles. The van der Waals surface area contributed by atoms with Crippen LogP contribution in [0, 0.1) is 26.2 Å². The second-order valence-corrected chi connectivity index (χ2v) is 12.7. The zero-order chi connectivity index (χ0) is 19.1. The smallest absolute Gasteiger partial charge is 0.316 e. The van der Waals surface area contributed by atoms with Crippen molar-refractivity contribution in [2.75, 3.05) is 12.5 Å². The van der Waals surface area contributed by atoms with Crippen molar-refractivity contribution in [3.8, 4) is 11.5 Å². The van der Waals surface area contributed by atoms with Gasteiger partial charge in [0.05, 0.1) is 5.41 Å². The Morgan fingerprint density at radius 1 is 0.958 bits per heavy atom. The minimum atomic E-state index is -1.28. The van der Waals surface area contributed by atoms with Crippen molar-refractivity contribution in [2.45, 2.75) is 67.1 Å². The molecular weight excluding hydrogens is 320 g/mol. The number of hydrogen-bond acceptors (Lipinski definition) is 3. The highest BCUT2D eigenvalue weighted by Gasteiger charge is 2.32. The van der Waals surface area contributed by atoms with Crippen molar-refractivity contribution >= 4 is 16.3 Å². The predicted octanol–water partition coefficient (Wildman–Crippen LogP) is 5.72. The minimum absolute atomic E-state index is 0.0805. The molecule has 0 saturated carbocycles. The highest BCUT2D eigenvalue weighted by Crippen LogP contribution is 2.55. The largest absolute Gasteiger partial charge is 0.448 e. The summed E-state index contributed by atoms with van der Waals surface area (Å²) in [7, 11) is -1.28. The highest BCUT2D eigenvalue weighted by molar-refractivity contribution is 8.30. The molecule has 4 heteroatoms. The molecule has 1 aromatic carbocycles. The molecule has 0 radical (unpaired) electrons. The van der Waals surface area contributed by atoms with Crippen LogP contribution in [0.3, 0.4) is 0 Å². The van der Waals surface area contributed by atoms with Crippen LogP contribution in [0.15, 0.2) is 6.07 Å². The fraction of sp³-hybridized carbons (Fsp3) is 0.650. The molecule has 0 heterocycles. The van der Waals surface area contributed by atoms with Gasteiger partial charge < -0.3 is 8.92 Å². The van der Waals surface area contributed by atoms with Crippen LogP contribution in [0.2, 0.25) is 0 Å². The number of carbonyl (C=O) groups is 1. The summed E-state index contributed by atoms with van der Waals surface area (Å²) >= 11 is 0. The van der Waals surface area contributed by atoms with Crippen molar-refractivity contribution in [2.24, 2.45) is 5.41 Å². The number of esters is 1.